The van der Waals surface area contributed by atoms with Gasteiger partial charge in [-0.05, 0) is 38.1 Å². The van der Waals surface area contributed by atoms with Crippen molar-refractivity contribution in [3.63, 3.8) is 0 Å². The topological polar surface area (TPSA) is 233 Å². The predicted octanol–water partition coefficient (Wildman–Crippen LogP) is 3.70. The Balaban J connectivity index is 1.08. The van der Waals surface area contributed by atoms with Crippen LogP contribution in [0.15, 0.2) is 36.4 Å². The first-order valence-corrected chi connectivity index (χ1v) is 20.6. The number of fused-ring (bicyclic) bond motifs is 2. The van der Waals surface area contributed by atoms with Crippen molar-refractivity contribution in [1.82, 2.24) is 39.5 Å². The molecule has 6 rings (SSSR count). The Morgan fingerprint density at radius 3 is 1.64 bits per heavy atom. The number of aromatic nitrogens is 4. The molecular formula is C41H48Cl2N10O8. The molecule has 0 spiro atoms. The first-order valence-electron chi connectivity index (χ1n) is 19.8. The number of carbonyl (C=O) groups is 6. The highest BCUT2D eigenvalue weighted by atomic mass is 35.5. The zero-order valence-corrected chi connectivity index (χ0v) is 35.5. The van der Waals surface area contributed by atoms with Gasteiger partial charge >= 0.3 is 11.9 Å². The summed E-state index contributed by atoms with van der Waals surface area (Å²) in [5, 5.41) is 29.2. The van der Waals surface area contributed by atoms with Crippen molar-refractivity contribution in [2.75, 3.05) is 43.9 Å². The van der Waals surface area contributed by atoms with Gasteiger partial charge in [0.05, 0.1) is 39.2 Å². The van der Waals surface area contributed by atoms with Crippen LogP contribution in [0, 0.1) is 0 Å². The lowest BCUT2D eigenvalue weighted by molar-refractivity contribution is -0.140. The van der Waals surface area contributed by atoms with Gasteiger partial charge in [0.25, 0.3) is 11.8 Å². The second kappa shape index (κ2) is 19.7. The number of carboxylic acid groups (broad SMARTS) is 2. The van der Waals surface area contributed by atoms with Crippen LogP contribution >= 0.6 is 23.2 Å². The van der Waals surface area contributed by atoms with Crippen LogP contribution in [0.5, 0.6) is 0 Å². The molecular weight excluding hydrogens is 831 g/mol. The fraction of sp³-hybridized carbons (Fsp3) is 0.415. The number of hydrogen-bond acceptors (Lipinski definition) is 10. The number of aliphatic carboxylic acids is 2. The molecule has 61 heavy (non-hydrogen) atoms. The summed E-state index contributed by atoms with van der Waals surface area (Å²) in [6.07, 6.45) is 1.97. The van der Waals surface area contributed by atoms with E-state index in [1.165, 1.54) is 7.05 Å². The third-order valence-electron chi connectivity index (χ3n) is 10.9. The molecule has 0 fully saturated rings. The summed E-state index contributed by atoms with van der Waals surface area (Å²) >= 11 is 13.8. The SMILES string of the molecule is CNC(=O)[C@H](CC(=O)O)NC(=O)CCCN1CCc2c(nc(C(=O)Nc3cccc(-c4cccc(NC(=O)c5nc6c(n5C)CCN(CCCC(=O)O)C6)c4Cl)c3Cl)n2C)C1. The normalized spacial score (nSPS) is 14.4. The zero-order valence-electron chi connectivity index (χ0n) is 34.0. The Labute approximate surface area is 361 Å². The first kappa shape index (κ1) is 44.7. The minimum Gasteiger partial charge on any atom is -0.481 e. The second-order valence-corrected chi connectivity index (χ2v) is 15.8. The van der Waals surface area contributed by atoms with Gasteiger partial charge in [-0.1, -0.05) is 47.5 Å². The highest BCUT2D eigenvalue weighted by Gasteiger charge is 2.29. The molecule has 4 amide bonds. The van der Waals surface area contributed by atoms with Crippen LogP contribution in [-0.4, -0.2) is 114 Å². The smallest absolute Gasteiger partial charge is 0.305 e. The number of halogens is 2. The minimum atomic E-state index is -1.20. The van der Waals surface area contributed by atoms with Crippen molar-refractivity contribution in [2.24, 2.45) is 14.1 Å². The highest BCUT2D eigenvalue weighted by molar-refractivity contribution is 6.40. The molecule has 0 aliphatic carbocycles. The summed E-state index contributed by atoms with van der Waals surface area (Å²) in [6, 6.07) is 9.16. The molecule has 18 nitrogen and oxygen atoms in total. The molecule has 2 aromatic heterocycles. The quantitative estimate of drug-likeness (QED) is 0.0892. The maximum absolute atomic E-state index is 13.7. The number of hydrogen-bond donors (Lipinski definition) is 6. The minimum absolute atomic E-state index is 0.0942. The van der Waals surface area contributed by atoms with Crippen molar-refractivity contribution in [2.45, 2.75) is 64.1 Å². The van der Waals surface area contributed by atoms with Gasteiger partial charge in [0.1, 0.15) is 6.04 Å². The lowest BCUT2D eigenvalue weighted by Crippen LogP contribution is -2.47. The van der Waals surface area contributed by atoms with E-state index in [0.29, 0.717) is 80.9 Å². The van der Waals surface area contributed by atoms with Crippen molar-refractivity contribution >= 4 is 70.1 Å². The molecule has 6 N–H and O–H groups in total. The van der Waals surface area contributed by atoms with E-state index in [0.717, 1.165) is 29.3 Å². The monoisotopic (exact) mass is 878 g/mol. The zero-order chi connectivity index (χ0) is 44.0. The van der Waals surface area contributed by atoms with Gasteiger partial charge in [-0.3, -0.25) is 38.6 Å². The fourth-order valence-electron chi connectivity index (χ4n) is 7.72. The van der Waals surface area contributed by atoms with E-state index in [1.807, 2.05) is 0 Å². The van der Waals surface area contributed by atoms with Crippen LogP contribution in [0.3, 0.4) is 0 Å². The average molecular weight is 880 g/mol. The Morgan fingerprint density at radius 2 is 1.20 bits per heavy atom. The van der Waals surface area contributed by atoms with Gasteiger partial charge in [-0.15, -0.1) is 0 Å². The van der Waals surface area contributed by atoms with Gasteiger partial charge in [0.2, 0.25) is 11.8 Å². The number of carbonyl (C=O) groups excluding carboxylic acids is 4. The van der Waals surface area contributed by atoms with Crippen molar-refractivity contribution in [3.8, 4) is 11.1 Å². The number of nitrogens with one attached hydrogen (secondary N) is 4. The van der Waals surface area contributed by atoms with E-state index >= 15 is 0 Å². The third-order valence-corrected chi connectivity index (χ3v) is 11.7. The summed E-state index contributed by atoms with van der Waals surface area (Å²) in [4.78, 5) is 87.4. The van der Waals surface area contributed by atoms with Gasteiger partial charge in [0, 0.05) is 95.5 Å². The van der Waals surface area contributed by atoms with Gasteiger partial charge < -0.3 is 40.6 Å². The van der Waals surface area contributed by atoms with Crippen molar-refractivity contribution in [1.29, 1.82) is 0 Å². The van der Waals surface area contributed by atoms with Crippen molar-refractivity contribution in [3.05, 3.63) is 80.9 Å². The Bertz CT molecular complexity index is 2360. The second-order valence-electron chi connectivity index (χ2n) is 15.0. The molecule has 0 saturated heterocycles. The van der Waals surface area contributed by atoms with E-state index < -0.39 is 48.0 Å². The van der Waals surface area contributed by atoms with Crippen LogP contribution in [0.4, 0.5) is 11.4 Å². The Kier molecular flexibility index (Phi) is 14.4. The Morgan fingerprint density at radius 1 is 0.721 bits per heavy atom. The predicted molar refractivity (Wildman–Crippen MR) is 227 cm³/mol. The summed E-state index contributed by atoms with van der Waals surface area (Å²) < 4.78 is 3.53. The number of anilines is 2. The largest absolute Gasteiger partial charge is 0.481 e. The standard InChI is InChI=1S/C41H48Cl2N10O8/c1-44-39(59)27(20-34(57)58)45-32(54)12-6-16-52-18-14-30-28(21-52)46-37(50(30)2)40(60)48-25-10-4-8-23(35(25)42)24-9-5-11-26(36(24)43)49-41(61)38-47-29-22-53(17-7-13-33(55)56)19-15-31(29)51(38)3/h4-5,8-11,27H,6-7,12-22H2,1-3H3,(H,44,59)(H,45,54)(H,48,60)(H,49,61)(H,55,56)(H,57,58)/t27-/m0/s1. The summed E-state index contributed by atoms with van der Waals surface area (Å²) in [5.41, 5.74) is 5.07. The number of carboxylic acids is 2. The Hall–Kier alpha value is -5.82. The molecule has 4 aromatic rings. The molecule has 2 aromatic carbocycles. The number of rotatable bonds is 17. The van der Waals surface area contributed by atoms with E-state index in [9.17, 15) is 28.8 Å². The number of amides is 4. The first-order chi connectivity index (χ1) is 29.1. The summed E-state index contributed by atoms with van der Waals surface area (Å²) in [6.45, 7) is 3.56. The van der Waals surface area contributed by atoms with Crippen LogP contribution in [0.2, 0.25) is 10.0 Å². The highest BCUT2D eigenvalue weighted by Crippen LogP contribution is 2.40. The maximum Gasteiger partial charge on any atom is 0.305 e. The molecule has 4 heterocycles. The van der Waals surface area contributed by atoms with E-state index in [4.69, 9.17) is 33.4 Å². The average Bonchev–Trinajstić information content (AvgIpc) is 3.73. The lowest BCUT2D eigenvalue weighted by Gasteiger charge is -2.26. The van der Waals surface area contributed by atoms with Gasteiger partial charge in [-0.2, -0.15) is 0 Å². The molecule has 20 heteroatoms. The molecule has 1 atom stereocenters. The van der Waals surface area contributed by atoms with E-state index in [-0.39, 0.29) is 34.5 Å². The van der Waals surface area contributed by atoms with Gasteiger partial charge in [-0.25, -0.2) is 9.97 Å². The van der Waals surface area contributed by atoms with Crippen molar-refractivity contribution < 1.29 is 39.0 Å². The number of nitrogens with zero attached hydrogens (tertiary/aromatic N) is 6. The molecule has 0 unspecified atom stereocenters. The number of likely N-dealkylation sites (N-methyl/N-ethyl adjacent to an activating group) is 1. The van der Waals surface area contributed by atoms with Crippen LogP contribution in [0.25, 0.3) is 11.1 Å². The maximum atomic E-state index is 13.7. The van der Waals surface area contributed by atoms with Crippen LogP contribution in [-0.2, 0) is 59.2 Å². The molecule has 2 aliphatic rings. The third kappa shape index (κ3) is 10.6. The van der Waals surface area contributed by atoms with E-state index in [1.54, 1.807) is 59.6 Å². The molecule has 0 bridgehead atoms. The molecule has 0 saturated carbocycles. The molecule has 0 radical (unpaired) electrons. The summed E-state index contributed by atoms with van der Waals surface area (Å²) in [7, 11) is 4.94. The fourth-order valence-corrected chi connectivity index (χ4v) is 8.27. The number of imidazole rings is 2. The number of benzene rings is 2. The van der Waals surface area contributed by atoms with Gasteiger partial charge in [0.15, 0.2) is 11.6 Å². The summed E-state index contributed by atoms with van der Waals surface area (Å²) in [5.74, 6) is -3.54. The molecule has 324 valence electrons. The van der Waals surface area contributed by atoms with Crippen LogP contribution < -0.4 is 21.3 Å². The molecule has 2 aliphatic heterocycles. The van der Waals surface area contributed by atoms with E-state index in [2.05, 4.69) is 41.0 Å². The lowest BCUT2D eigenvalue weighted by atomic mass is 10.0. The van der Waals surface area contributed by atoms with Crippen LogP contribution in [0.1, 0.15) is 76.1 Å².